The number of amides is 2. The van der Waals surface area contributed by atoms with Crippen molar-refractivity contribution < 1.29 is 14.3 Å². The van der Waals surface area contributed by atoms with E-state index in [4.69, 9.17) is 10.5 Å². The number of nitrogens with two attached hydrogens (primary N) is 1. The fourth-order valence-corrected chi connectivity index (χ4v) is 3.61. The van der Waals surface area contributed by atoms with Crippen LogP contribution in [-0.4, -0.2) is 18.4 Å². The molecule has 1 heterocycles. The lowest BCUT2D eigenvalue weighted by Gasteiger charge is -2.18. The van der Waals surface area contributed by atoms with Crippen molar-refractivity contribution in [3.05, 3.63) is 95.6 Å². The van der Waals surface area contributed by atoms with Crippen LogP contribution in [0.4, 0.5) is 5.69 Å². The Kier molecular flexibility index (Phi) is 5.29. The van der Waals surface area contributed by atoms with Crippen molar-refractivity contribution in [2.24, 2.45) is 5.73 Å². The summed E-state index contributed by atoms with van der Waals surface area (Å²) in [4.78, 5) is 25.8. The number of hydrogen-bond acceptors (Lipinski definition) is 3. The Balaban J connectivity index is 1.47. The third kappa shape index (κ3) is 4.29. The molecule has 1 aliphatic rings. The van der Waals surface area contributed by atoms with Gasteiger partial charge in [-0.3, -0.25) is 9.59 Å². The molecule has 5 nitrogen and oxygen atoms in total. The van der Waals surface area contributed by atoms with E-state index in [2.05, 4.69) is 0 Å². The van der Waals surface area contributed by atoms with Crippen LogP contribution in [0, 0.1) is 0 Å². The molecule has 1 unspecified atom stereocenters. The summed E-state index contributed by atoms with van der Waals surface area (Å²) in [6, 6.07) is 24.8. The molecule has 4 rings (SSSR count). The topological polar surface area (TPSA) is 72.6 Å². The molecular formula is C24H22N2O3. The van der Waals surface area contributed by atoms with Crippen molar-refractivity contribution in [1.29, 1.82) is 0 Å². The lowest BCUT2D eigenvalue weighted by atomic mass is 9.98. The Bertz CT molecular complexity index is 1030. The summed E-state index contributed by atoms with van der Waals surface area (Å²) in [7, 11) is 0. The zero-order valence-electron chi connectivity index (χ0n) is 16.0. The predicted molar refractivity (Wildman–Crippen MR) is 112 cm³/mol. The normalized spacial score (nSPS) is 16.1. The first-order valence-electron chi connectivity index (χ1n) is 9.57. The van der Waals surface area contributed by atoms with E-state index in [1.807, 2.05) is 60.7 Å². The zero-order valence-corrected chi connectivity index (χ0v) is 16.0. The number of anilines is 1. The van der Waals surface area contributed by atoms with Crippen LogP contribution in [0.25, 0.3) is 0 Å². The van der Waals surface area contributed by atoms with Crippen molar-refractivity contribution >= 4 is 17.5 Å². The van der Waals surface area contributed by atoms with E-state index in [9.17, 15) is 9.59 Å². The highest BCUT2D eigenvalue weighted by molar-refractivity contribution is 5.99. The lowest BCUT2D eigenvalue weighted by Crippen LogP contribution is -2.24. The van der Waals surface area contributed by atoms with Crippen molar-refractivity contribution in [2.45, 2.75) is 18.9 Å². The van der Waals surface area contributed by atoms with Gasteiger partial charge < -0.3 is 15.4 Å². The SMILES string of the molecule is NC(=O)c1cccc(N2CC(c3cccc(OCc4ccccc4)c3)CC2=O)c1. The highest BCUT2D eigenvalue weighted by atomic mass is 16.5. The van der Waals surface area contributed by atoms with Crippen molar-refractivity contribution in [3.8, 4) is 5.75 Å². The van der Waals surface area contributed by atoms with E-state index in [1.165, 1.54) is 0 Å². The number of rotatable bonds is 6. The van der Waals surface area contributed by atoms with Crippen LogP contribution in [0.15, 0.2) is 78.9 Å². The first kappa shape index (κ1) is 18.7. The summed E-state index contributed by atoms with van der Waals surface area (Å²) < 4.78 is 5.92. The predicted octanol–water partition coefficient (Wildman–Crippen LogP) is 3.89. The van der Waals surface area contributed by atoms with Gasteiger partial charge in [0.1, 0.15) is 12.4 Å². The monoisotopic (exact) mass is 386 g/mol. The molecule has 0 bridgehead atoms. The highest BCUT2D eigenvalue weighted by Gasteiger charge is 2.32. The molecule has 0 aliphatic carbocycles. The Morgan fingerprint density at radius 3 is 2.59 bits per heavy atom. The molecule has 0 aromatic heterocycles. The van der Waals surface area contributed by atoms with E-state index in [-0.39, 0.29) is 11.8 Å². The molecule has 0 spiro atoms. The molecule has 0 saturated carbocycles. The molecule has 5 heteroatoms. The van der Waals surface area contributed by atoms with Gasteiger partial charge in [0.05, 0.1) is 0 Å². The van der Waals surface area contributed by atoms with Crippen LogP contribution in [0.3, 0.4) is 0 Å². The Morgan fingerprint density at radius 1 is 1.00 bits per heavy atom. The smallest absolute Gasteiger partial charge is 0.248 e. The van der Waals surface area contributed by atoms with Crippen LogP contribution in [0.2, 0.25) is 0 Å². The molecule has 2 amide bonds. The minimum absolute atomic E-state index is 0.0345. The van der Waals surface area contributed by atoms with Gasteiger partial charge in [0.15, 0.2) is 0 Å². The first-order chi connectivity index (χ1) is 14.1. The summed E-state index contributed by atoms with van der Waals surface area (Å²) in [5, 5.41) is 0. The van der Waals surface area contributed by atoms with E-state index < -0.39 is 5.91 Å². The van der Waals surface area contributed by atoms with Crippen molar-refractivity contribution in [1.82, 2.24) is 0 Å². The Labute approximate surface area is 169 Å². The third-order valence-corrected chi connectivity index (χ3v) is 5.15. The van der Waals surface area contributed by atoms with Gasteiger partial charge in [-0.25, -0.2) is 0 Å². The second-order valence-corrected chi connectivity index (χ2v) is 7.17. The molecule has 0 radical (unpaired) electrons. The van der Waals surface area contributed by atoms with E-state index >= 15 is 0 Å². The van der Waals surface area contributed by atoms with Gasteiger partial charge in [-0.1, -0.05) is 48.5 Å². The summed E-state index contributed by atoms with van der Waals surface area (Å²) >= 11 is 0. The number of nitrogens with zero attached hydrogens (tertiary/aromatic N) is 1. The molecule has 3 aromatic rings. The van der Waals surface area contributed by atoms with Gasteiger partial charge >= 0.3 is 0 Å². The van der Waals surface area contributed by atoms with E-state index in [0.29, 0.717) is 30.8 Å². The molecule has 3 aromatic carbocycles. The minimum atomic E-state index is -0.502. The third-order valence-electron chi connectivity index (χ3n) is 5.15. The van der Waals surface area contributed by atoms with Gasteiger partial charge in [-0.05, 0) is 41.5 Å². The second kappa shape index (κ2) is 8.19. The van der Waals surface area contributed by atoms with Crippen molar-refractivity contribution in [2.75, 3.05) is 11.4 Å². The fourth-order valence-electron chi connectivity index (χ4n) is 3.61. The van der Waals surface area contributed by atoms with Gasteiger partial charge in [0.25, 0.3) is 0 Å². The number of carbonyl (C=O) groups excluding carboxylic acids is 2. The zero-order chi connectivity index (χ0) is 20.2. The molecular weight excluding hydrogens is 364 g/mol. The molecule has 1 fully saturated rings. The largest absolute Gasteiger partial charge is 0.489 e. The molecule has 146 valence electrons. The average Bonchev–Trinajstić information content (AvgIpc) is 3.15. The van der Waals surface area contributed by atoms with Gasteiger partial charge in [0.2, 0.25) is 11.8 Å². The molecule has 2 N–H and O–H groups in total. The van der Waals surface area contributed by atoms with Crippen molar-refractivity contribution in [3.63, 3.8) is 0 Å². The molecule has 1 aliphatic heterocycles. The number of primary amides is 1. The van der Waals surface area contributed by atoms with Crippen LogP contribution in [0.1, 0.15) is 33.8 Å². The van der Waals surface area contributed by atoms with E-state index in [0.717, 1.165) is 16.9 Å². The minimum Gasteiger partial charge on any atom is -0.489 e. The lowest BCUT2D eigenvalue weighted by molar-refractivity contribution is -0.117. The number of ether oxygens (including phenoxy) is 1. The van der Waals surface area contributed by atoms with Crippen LogP contribution in [0.5, 0.6) is 5.75 Å². The maximum absolute atomic E-state index is 12.6. The highest BCUT2D eigenvalue weighted by Crippen LogP contribution is 2.33. The van der Waals surface area contributed by atoms with Gasteiger partial charge in [-0.15, -0.1) is 0 Å². The Morgan fingerprint density at radius 2 is 1.79 bits per heavy atom. The van der Waals surface area contributed by atoms with Crippen LogP contribution in [-0.2, 0) is 11.4 Å². The Hall–Kier alpha value is -3.60. The number of hydrogen-bond donors (Lipinski definition) is 1. The summed E-state index contributed by atoms with van der Waals surface area (Å²) in [6.45, 7) is 1.06. The standard InChI is InChI=1S/C24H22N2O3/c25-24(28)19-9-4-10-21(12-19)26-15-20(14-23(26)27)18-8-5-11-22(13-18)29-16-17-6-2-1-3-7-17/h1-13,20H,14-16H2,(H2,25,28). The first-order valence-corrected chi connectivity index (χ1v) is 9.57. The second-order valence-electron chi connectivity index (χ2n) is 7.17. The molecule has 1 saturated heterocycles. The maximum atomic E-state index is 12.6. The molecule has 1 atom stereocenters. The van der Waals surface area contributed by atoms with Crippen LogP contribution >= 0.6 is 0 Å². The van der Waals surface area contributed by atoms with Crippen LogP contribution < -0.4 is 15.4 Å². The number of benzene rings is 3. The van der Waals surface area contributed by atoms with Gasteiger partial charge in [-0.2, -0.15) is 0 Å². The van der Waals surface area contributed by atoms with Gasteiger partial charge in [0, 0.05) is 30.1 Å². The molecule has 29 heavy (non-hydrogen) atoms. The quantitative estimate of drug-likeness (QED) is 0.699. The summed E-state index contributed by atoms with van der Waals surface area (Å²) in [5.74, 6) is 0.388. The summed E-state index contributed by atoms with van der Waals surface area (Å²) in [6.07, 6.45) is 0.420. The summed E-state index contributed by atoms with van der Waals surface area (Å²) in [5.41, 5.74) is 8.64. The number of carbonyl (C=O) groups is 2. The average molecular weight is 386 g/mol. The maximum Gasteiger partial charge on any atom is 0.248 e. The fraction of sp³-hybridized carbons (Fsp3) is 0.167. The van der Waals surface area contributed by atoms with E-state index in [1.54, 1.807) is 23.1 Å².